The van der Waals surface area contributed by atoms with Gasteiger partial charge in [0.15, 0.2) is 0 Å². The molecule has 5 heteroatoms. The zero-order valence-corrected chi connectivity index (χ0v) is 12.3. The zero-order chi connectivity index (χ0) is 14.9. The monoisotopic (exact) mass is 276 g/mol. The molecule has 0 bridgehead atoms. The normalized spacial score (nSPS) is 12.4. The van der Waals surface area contributed by atoms with E-state index in [2.05, 4.69) is 4.57 Å². The lowest BCUT2D eigenvalue weighted by Gasteiger charge is -2.10. The van der Waals surface area contributed by atoms with Crippen molar-refractivity contribution in [1.82, 2.24) is 4.57 Å². The first kappa shape index (κ1) is 14.4. The van der Waals surface area contributed by atoms with Crippen molar-refractivity contribution in [1.29, 1.82) is 0 Å². The third-order valence-corrected chi connectivity index (χ3v) is 3.76. The summed E-state index contributed by atoms with van der Waals surface area (Å²) in [5.41, 5.74) is 9.12. The number of benzene rings is 1. The summed E-state index contributed by atoms with van der Waals surface area (Å²) in [6.45, 7) is 2.02. The summed E-state index contributed by atoms with van der Waals surface area (Å²) in [6, 6.07) is 5.25. The Hall–Kier alpha value is -2.01. The molecule has 0 fully saturated rings. The number of hydrogen-bond donors (Lipinski definition) is 1. The van der Waals surface area contributed by atoms with E-state index in [-0.39, 0.29) is 0 Å². The minimum atomic E-state index is -0.657. The highest BCUT2D eigenvalue weighted by Gasteiger charge is 2.20. The van der Waals surface area contributed by atoms with E-state index in [0.29, 0.717) is 6.42 Å². The quantitative estimate of drug-likeness (QED) is 0.860. The van der Waals surface area contributed by atoms with Gasteiger partial charge in [-0.3, -0.25) is 4.79 Å². The molecule has 0 amide bonds. The van der Waals surface area contributed by atoms with Crippen LogP contribution in [0.25, 0.3) is 10.9 Å². The van der Waals surface area contributed by atoms with Gasteiger partial charge in [0.05, 0.1) is 14.2 Å². The van der Waals surface area contributed by atoms with Gasteiger partial charge in [0.1, 0.15) is 11.8 Å². The van der Waals surface area contributed by atoms with Crippen LogP contribution in [0, 0.1) is 6.92 Å². The van der Waals surface area contributed by atoms with E-state index in [1.54, 1.807) is 7.11 Å². The summed E-state index contributed by atoms with van der Waals surface area (Å²) >= 11 is 0. The molecule has 1 aromatic carbocycles. The highest BCUT2D eigenvalue weighted by atomic mass is 16.5. The number of aromatic nitrogens is 1. The second kappa shape index (κ2) is 5.54. The average Bonchev–Trinajstić information content (AvgIpc) is 2.70. The Balaban J connectivity index is 2.51. The van der Waals surface area contributed by atoms with Crippen LogP contribution in [0.5, 0.6) is 5.75 Å². The Kier molecular flexibility index (Phi) is 3.99. The molecule has 0 radical (unpaired) electrons. The number of esters is 1. The minimum Gasteiger partial charge on any atom is -0.497 e. The maximum atomic E-state index is 11.5. The molecule has 1 atom stereocenters. The predicted molar refractivity (Wildman–Crippen MR) is 77.9 cm³/mol. The fraction of sp³-hybridized carbons (Fsp3) is 0.400. The first-order valence-corrected chi connectivity index (χ1v) is 6.45. The highest BCUT2D eigenvalue weighted by Crippen LogP contribution is 2.29. The van der Waals surface area contributed by atoms with Crippen LogP contribution in [0.4, 0.5) is 0 Å². The van der Waals surface area contributed by atoms with E-state index in [0.717, 1.165) is 27.9 Å². The summed E-state index contributed by atoms with van der Waals surface area (Å²) in [5, 5.41) is 1.06. The van der Waals surface area contributed by atoms with Gasteiger partial charge < -0.3 is 19.8 Å². The molecule has 0 spiro atoms. The van der Waals surface area contributed by atoms with Crippen molar-refractivity contribution in [3.63, 3.8) is 0 Å². The SMILES string of the molecule is COC(=O)C(N)Cc1c(C)n(C)c2ccc(OC)cc12. The lowest BCUT2D eigenvalue weighted by Crippen LogP contribution is -2.33. The molecule has 2 N–H and O–H groups in total. The maximum absolute atomic E-state index is 11.5. The van der Waals surface area contributed by atoms with Gasteiger partial charge in [-0.15, -0.1) is 0 Å². The first-order valence-electron chi connectivity index (χ1n) is 6.45. The molecular formula is C15H20N2O3. The Morgan fingerprint density at radius 1 is 1.40 bits per heavy atom. The van der Waals surface area contributed by atoms with Crippen molar-refractivity contribution in [2.75, 3.05) is 14.2 Å². The Morgan fingerprint density at radius 3 is 2.70 bits per heavy atom. The number of nitrogens with zero attached hydrogens (tertiary/aromatic N) is 1. The third-order valence-electron chi connectivity index (χ3n) is 3.76. The van der Waals surface area contributed by atoms with Gasteiger partial charge in [0.2, 0.25) is 0 Å². The van der Waals surface area contributed by atoms with E-state index in [1.807, 2.05) is 32.2 Å². The number of nitrogens with two attached hydrogens (primary N) is 1. The van der Waals surface area contributed by atoms with E-state index in [1.165, 1.54) is 7.11 Å². The van der Waals surface area contributed by atoms with E-state index >= 15 is 0 Å². The summed E-state index contributed by atoms with van der Waals surface area (Å²) in [4.78, 5) is 11.5. The fourth-order valence-electron chi connectivity index (χ4n) is 2.47. The van der Waals surface area contributed by atoms with Gasteiger partial charge in [-0.05, 0) is 30.7 Å². The number of carbonyl (C=O) groups excluding carboxylic acids is 1. The van der Waals surface area contributed by atoms with Crippen molar-refractivity contribution < 1.29 is 14.3 Å². The second-order valence-electron chi connectivity index (χ2n) is 4.84. The molecular weight excluding hydrogens is 256 g/mol. The van der Waals surface area contributed by atoms with Crippen molar-refractivity contribution in [2.24, 2.45) is 12.8 Å². The first-order chi connectivity index (χ1) is 9.49. The summed E-state index contributed by atoms with van der Waals surface area (Å²) in [5.74, 6) is 0.389. The van der Waals surface area contributed by atoms with Gasteiger partial charge in [-0.2, -0.15) is 0 Å². The molecule has 0 aliphatic rings. The number of fused-ring (bicyclic) bond motifs is 1. The molecule has 5 nitrogen and oxygen atoms in total. The standard InChI is InChI=1S/C15H20N2O3/c1-9-11(8-13(16)15(18)20-4)12-7-10(19-3)5-6-14(12)17(9)2/h5-7,13H,8,16H2,1-4H3. The van der Waals surface area contributed by atoms with Gasteiger partial charge in [-0.1, -0.05) is 0 Å². The van der Waals surface area contributed by atoms with Crippen LogP contribution < -0.4 is 10.5 Å². The van der Waals surface area contributed by atoms with E-state index in [9.17, 15) is 4.79 Å². The van der Waals surface area contributed by atoms with Crippen LogP contribution in [-0.2, 0) is 23.0 Å². The van der Waals surface area contributed by atoms with Crippen LogP contribution in [0.3, 0.4) is 0 Å². The van der Waals surface area contributed by atoms with E-state index < -0.39 is 12.0 Å². The minimum absolute atomic E-state index is 0.399. The highest BCUT2D eigenvalue weighted by molar-refractivity contribution is 5.88. The number of methoxy groups -OCH3 is 2. The number of ether oxygens (including phenoxy) is 2. The van der Waals surface area contributed by atoms with Crippen LogP contribution in [0.1, 0.15) is 11.3 Å². The fourth-order valence-corrected chi connectivity index (χ4v) is 2.47. The molecule has 0 aliphatic heterocycles. The Morgan fingerprint density at radius 2 is 2.10 bits per heavy atom. The smallest absolute Gasteiger partial charge is 0.322 e. The largest absolute Gasteiger partial charge is 0.497 e. The molecule has 2 rings (SSSR count). The summed E-state index contributed by atoms with van der Waals surface area (Å²) in [6.07, 6.45) is 0.447. The molecule has 0 saturated heterocycles. The molecule has 1 unspecified atom stereocenters. The van der Waals surface area contributed by atoms with Gasteiger partial charge in [0, 0.05) is 30.1 Å². The number of carbonyl (C=O) groups is 1. The van der Waals surface area contributed by atoms with Gasteiger partial charge in [-0.25, -0.2) is 0 Å². The average molecular weight is 276 g/mol. The third kappa shape index (κ3) is 2.36. The Labute approximate surface area is 118 Å². The van der Waals surface area contributed by atoms with Crippen molar-refractivity contribution in [2.45, 2.75) is 19.4 Å². The Bertz CT molecular complexity index is 646. The molecule has 0 aliphatic carbocycles. The van der Waals surface area contributed by atoms with Gasteiger partial charge in [0.25, 0.3) is 0 Å². The lowest BCUT2D eigenvalue weighted by atomic mass is 10.0. The number of hydrogen-bond acceptors (Lipinski definition) is 4. The lowest BCUT2D eigenvalue weighted by molar-refractivity contribution is -0.142. The van der Waals surface area contributed by atoms with Crippen molar-refractivity contribution in [3.8, 4) is 5.75 Å². The molecule has 1 aromatic heterocycles. The number of aryl methyl sites for hydroxylation is 1. The molecule has 2 aromatic rings. The number of rotatable bonds is 4. The maximum Gasteiger partial charge on any atom is 0.322 e. The second-order valence-corrected chi connectivity index (χ2v) is 4.84. The molecule has 1 heterocycles. The van der Waals surface area contributed by atoms with Gasteiger partial charge >= 0.3 is 5.97 Å². The van der Waals surface area contributed by atoms with Crippen LogP contribution in [0.15, 0.2) is 18.2 Å². The molecule has 0 saturated carbocycles. The van der Waals surface area contributed by atoms with Crippen LogP contribution in [0.2, 0.25) is 0 Å². The molecule has 20 heavy (non-hydrogen) atoms. The van der Waals surface area contributed by atoms with E-state index in [4.69, 9.17) is 15.2 Å². The van der Waals surface area contributed by atoms with Crippen LogP contribution in [-0.4, -0.2) is 30.8 Å². The summed E-state index contributed by atoms with van der Waals surface area (Å²) in [7, 11) is 4.98. The zero-order valence-electron chi connectivity index (χ0n) is 12.3. The van der Waals surface area contributed by atoms with Crippen LogP contribution >= 0.6 is 0 Å². The molecule has 108 valence electrons. The predicted octanol–water partition coefficient (Wildman–Crippen LogP) is 1.54. The van der Waals surface area contributed by atoms with Crippen molar-refractivity contribution >= 4 is 16.9 Å². The topological polar surface area (TPSA) is 66.5 Å². The summed E-state index contributed by atoms with van der Waals surface area (Å²) < 4.78 is 12.1. The van der Waals surface area contributed by atoms with Crippen molar-refractivity contribution in [3.05, 3.63) is 29.5 Å².